The number of likely N-dealkylation sites (tertiary alicyclic amines) is 1. The first-order valence-corrected chi connectivity index (χ1v) is 4.94. The van der Waals surface area contributed by atoms with Gasteiger partial charge in [0.1, 0.15) is 0 Å². The highest BCUT2D eigenvalue weighted by Crippen LogP contribution is 2.27. The molecule has 1 aliphatic heterocycles. The third-order valence-electron chi connectivity index (χ3n) is 2.90. The maximum Gasteiger partial charge on any atom is 0.309 e. The molecule has 1 heterocycles. The Morgan fingerprint density at radius 2 is 2.29 bits per heavy atom. The molecule has 0 unspecified atom stereocenters. The van der Waals surface area contributed by atoms with Gasteiger partial charge < -0.3 is 9.64 Å². The van der Waals surface area contributed by atoms with E-state index in [4.69, 9.17) is 4.74 Å². The molecule has 2 atom stereocenters. The van der Waals surface area contributed by atoms with E-state index in [2.05, 4.69) is 0 Å². The molecule has 1 amide bonds. The van der Waals surface area contributed by atoms with E-state index < -0.39 is 0 Å². The largest absolute Gasteiger partial charge is 0.469 e. The highest BCUT2D eigenvalue weighted by molar-refractivity contribution is 5.86. The molecule has 0 spiro atoms. The number of hydrogen-bond donors (Lipinski definition) is 0. The number of piperidine rings is 1. The van der Waals surface area contributed by atoms with E-state index in [1.807, 2.05) is 6.92 Å². The molecule has 0 radical (unpaired) electrons. The van der Waals surface area contributed by atoms with Gasteiger partial charge in [0.2, 0.25) is 5.91 Å². The highest BCUT2D eigenvalue weighted by Gasteiger charge is 2.38. The summed E-state index contributed by atoms with van der Waals surface area (Å²) in [6, 6.07) is 0. The molecule has 1 rings (SSSR count). The topological polar surface area (TPSA) is 46.6 Å². The van der Waals surface area contributed by atoms with E-state index in [-0.39, 0.29) is 23.7 Å². The molecule has 0 saturated carbocycles. The zero-order chi connectivity index (χ0) is 10.7. The fourth-order valence-corrected chi connectivity index (χ4v) is 1.99. The van der Waals surface area contributed by atoms with Crippen LogP contribution in [0.15, 0.2) is 0 Å². The van der Waals surface area contributed by atoms with Crippen LogP contribution in [0, 0.1) is 11.8 Å². The number of rotatable bonds is 2. The van der Waals surface area contributed by atoms with E-state index in [0.29, 0.717) is 19.4 Å². The van der Waals surface area contributed by atoms with Crippen LogP contribution in [0.25, 0.3) is 0 Å². The molecule has 1 saturated heterocycles. The van der Waals surface area contributed by atoms with Crippen molar-refractivity contribution in [3.63, 3.8) is 0 Å². The van der Waals surface area contributed by atoms with Crippen LogP contribution in [0.3, 0.4) is 0 Å². The number of carbonyl (C=O) groups is 2. The number of esters is 1. The summed E-state index contributed by atoms with van der Waals surface area (Å²) in [4.78, 5) is 24.8. The molecule has 1 aliphatic rings. The first-order chi connectivity index (χ1) is 6.61. The molecule has 1 fully saturated rings. The van der Waals surface area contributed by atoms with Crippen molar-refractivity contribution < 1.29 is 14.3 Å². The summed E-state index contributed by atoms with van der Waals surface area (Å²) in [5.41, 5.74) is 0. The summed E-state index contributed by atoms with van der Waals surface area (Å²) in [5.74, 6) is -0.623. The summed E-state index contributed by atoms with van der Waals surface area (Å²) < 4.78 is 4.70. The zero-order valence-corrected chi connectivity index (χ0v) is 8.95. The van der Waals surface area contributed by atoms with Crippen molar-refractivity contribution in [3.8, 4) is 0 Å². The van der Waals surface area contributed by atoms with Crippen molar-refractivity contribution in [1.29, 1.82) is 0 Å². The summed E-state index contributed by atoms with van der Waals surface area (Å²) in [6.07, 6.45) is 1.41. The second kappa shape index (κ2) is 4.44. The molecule has 0 aromatic rings. The van der Waals surface area contributed by atoms with Crippen molar-refractivity contribution in [2.75, 3.05) is 20.7 Å². The van der Waals surface area contributed by atoms with Crippen LogP contribution < -0.4 is 0 Å². The number of amides is 1. The van der Waals surface area contributed by atoms with Crippen LogP contribution in [0.2, 0.25) is 0 Å². The maximum absolute atomic E-state index is 11.7. The lowest BCUT2D eigenvalue weighted by atomic mass is 9.83. The van der Waals surface area contributed by atoms with E-state index in [1.165, 1.54) is 7.11 Å². The summed E-state index contributed by atoms with van der Waals surface area (Å²) in [5, 5.41) is 0. The second-order valence-electron chi connectivity index (χ2n) is 3.69. The number of nitrogens with zero attached hydrogens (tertiary/aromatic N) is 1. The third-order valence-corrected chi connectivity index (χ3v) is 2.90. The Kier molecular flexibility index (Phi) is 3.49. The predicted octanol–water partition coefficient (Wildman–Crippen LogP) is 0.664. The van der Waals surface area contributed by atoms with E-state index >= 15 is 0 Å². The Labute approximate surface area is 84.2 Å². The van der Waals surface area contributed by atoms with E-state index in [0.717, 1.165) is 0 Å². The second-order valence-corrected chi connectivity index (χ2v) is 3.69. The maximum atomic E-state index is 11.7. The van der Waals surface area contributed by atoms with Crippen LogP contribution in [-0.2, 0) is 14.3 Å². The molecule has 0 aromatic heterocycles. The molecular weight excluding hydrogens is 182 g/mol. The SMILES string of the molecule is CC[C@H]1C(=O)N(C)CC[C@@H]1C(=O)OC. The normalized spacial score (nSPS) is 27.6. The van der Waals surface area contributed by atoms with Crippen LogP contribution in [0.4, 0.5) is 0 Å². The minimum Gasteiger partial charge on any atom is -0.469 e. The molecule has 0 aromatic carbocycles. The molecule has 0 bridgehead atoms. The average molecular weight is 199 g/mol. The molecule has 4 heteroatoms. The molecular formula is C10H17NO3. The lowest BCUT2D eigenvalue weighted by molar-refractivity contribution is -0.156. The van der Waals surface area contributed by atoms with Crippen molar-refractivity contribution in [2.45, 2.75) is 19.8 Å². The minimum absolute atomic E-state index is 0.0640. The standard InChI is InChI=1S/C10H17NO3/c1-4-7-8(10(13)14-3)5-6-11(2)9(7)12/h7-8H,4-6H2,1-3H3/t7-,8+/m1/s1. The lowest BCUT2D eigenvalue weighted by Crippen LogP contribution is -2.45. The predicted molar refractivity (Wildman–Crippen MR) is 51.5 cm³/mol. The van der Waals surface area contributed by atoms with Gasteiger partial charge in [-0.1, -0.05) is 6.92 Å². The Morgan fingerprint density at radius 1 is 1.64 bits per heavy atom. The Morgan fingerprint density at radius 3 is 2.79 bits per heavy atom. The van der Waals surface area contributed by atoms with Crippen molar-refractivity contribution in [3.05, 3.63) is 0 Å². The van der Waals surface area contributed by atoms with Gasteiger partial charge in [0, 0.05) is 13.6 Å². The van der Waals surface area contributed by atoms with Gasteiger partial charge in [-0.05, 0) is 12.8 Å². The van der Waals surface area contributed by atoms with E-state index in [9.17, 15) is 9.59 Å². The van der Waals surface area contributed by atoms with Crippen LogP contribution >= 0.6 is 0 Å². The number of carbonyl (C=O) groups excluding carboxylic acids is 2. The van der Waals surface area contributed by atoms with Crippen LogP contribution in [0.1, 0.15) is 19.8 Å². The van der Waals surface area contributed by atoms with Gasteiger partial charge >= 0.3 is 5.97 Å². The summed E-state index contributed by atoms with van der Waals surface area (Å²) in [6.45, 7) is 2.58. The monoisotopic (exact) mass is 199 g/mol. The number of hydrogen-bond acceptors (Lipinski definition) is 3. The molecule has 4 nitrogen and oxygen atoms in total. The number of ether oxygens (including phenoxy) is 1. The lowest BCUT2D eigenvalue weighted by Gasteiger charge is -2.33. The number of methoxy groups -OCH3 is 1. The Hall–Kier alpha value is -1.06. The van der Waals surface area contributed by atoms with E-state index in [1.54, 1.807) is 11.9 Å². The molecule has 14 heavy (non-hydrogen) atoms. The van der Waals surface area contributed by atoms with Crippen LogP contribution in [-0.4, -0.2) is 37.5 Å². The third kappa shape index (κ3) is 1.89. The summed E-state index contributed by atoms with van der Waals surface area (Å²) in [7, 11) is 3.15. The Balaban J connectivity index is 2.77. The fourth-order valence-electron chi connectivity index (χ4n) is 1.99. The minimum atomic E-state index is -0.252. The van der Waals surface area contributed by atoms with Gasteiger partial charge in [-0.2, -0.15) is 0 Å². The quantitative estimate of drug-likeness (QED) is 0.614. The van der Waals surface area contributed by atoms with Gasteiger partial charge in [-0.15, -0.1) is 0 Å². The van der Waals surface area contributed by atoms with Gasteiger partial charge in [-0.3, -0.25) is 9.59 Å². The van der Waals surface area contributed by atoms with Crippen molar-refractivity contribution in [1.82, 2.24) is 4.90 Å². The highest BCUT2D eigenvalue weighted by atomic mass is 16.5. The first-order valence-electron chi connectivity index (χ1n) is 4.94. The fraction of sp³-hybridized carbons (Fsp3) is 0.800. The average Bonchev–Trinajstić information content (AvgIpc) is 2.20. The van der Waals surface area contributed by atoms with Gasteiger partial charge in [-0.25, -0.2) is 0 Å². The van der Waals surface area contributed by atoms with Crippen molar-refractivity contribution in [2.24, 2.45) is 11.8 Å². The van der Waals surface area contributed by atoms with Crippen molar-refractivity contribution >= 4 is 11.9 Å². The molecule has 0 N–H and O–H groups in total. The van der Waals surface area contributed by atoms with Gasteiger partial charge in [0.15, 0.2) is 0 Å². The Bertz CT molecular complexity index is 240. The molecule has 80 valence electrons. The summed E-state index contributed by atoms with van der Waals surface area (Å²) >= 11 is 0. The smallest absolute Gasteiger partial charge is 0.309 e. The molecule has 0 aliphatic carbocycles. The zero-order valence-electron chi connectivity index (χ0n) is 8.95. The van der Waals surface area contributed by atoms with Gasteiger partial charge in [0.25, 0.3) is 0 Å². The first kappa shape index (κ1) is 11.0. The van der Waals surface area contributed by atoms with Gasteiger partial charge in [0.05, 0.1) is 18.9 Å². The van der Waals surface area contributed by atoms with Crippen LogP contribution in [0.5, 0.6) is 0 Å².